The molecular weight excluding hydrogens is 262 g/mol. The zero-order valence-electron chi connectivity index (χ0n) is 11.4. The van der Waals surface area contributed by atoms with E-state index in [4.69, 9.17) is 17.3 Å². The first-order chi connectivity index (χ1) is 8.95. The van der Waals surface area contributed by atoms with Crippen molar-refractivity contribution in [3.05, 3.63) is 23.0 Å². The number of anilines is 1. The summed E-state index contributed by atoms with van der Waals surface area (Å²) in [5, 5.41) is 0.299. The lowest BCUT2D eigenvalue weighted by molar-refractivity contribution is 0.0601. The molecule has 0 spiro atoms. The number of aromatic nitrogens is 1. The van der Waals surface area contributed by atoms with Crippen molar-refractivity contribution in [2.75, 3.05) is 18.8 Å². The summed E-state index contributed by atoms with van der Waals surface area (Å²) < 4.78 is 0. The van der Waals surface area contributed by atoms with E-state index in [1.54, 1.807) is 6.07 Å². The Hall–Kier alpha value is -1.29. The van der Waals surface area contributed by atoms with Gasteiger partial charge in [0.25, 0.3) is 5.91 Å². The van der Waals surface area contributed by atoms with Crippen LogP contribution in [-0.2, 0) is 0 Å². The van der Waals surface area contributed by atoms with Crippen LogP contribution in [-0.4, -0.2) is 28.9 Å². The van der Waals surface area contributed by atoms with Crippen LogP contribution >= 0.6 is 11.6 Å². The number of carbonyl (C=O) groups excluding carboxylic acids is 1. The van der Waals surface area contributed by atoms with Gasteiger partial charge in [-0.1, -0.05) is 31.9 Å². The minimum Gasteiger partial charge on any atom is -0.397 e. The molecule has 19 heavy (non-hydrogen) atoms. The normalized spacial score (nSPS) is 18.4. The Bertz CT molecular complexity index is 482. The molecule has 2 rings (SSSR count). The summed E-state index contributed by atoms with van der Waals surface area (Å²) in [4.78, 5) is 18.2. The van der Waals surface area contributed by atoms with Crippen LogP contribution in [0, 0.1) is 5.41 Å². The summed E-state index contributed by atoms with van der Waals surface area (Å²) >= 11 is 5.83. The standard InChI is InChI=1S/C14H20ClN3O/c1-3-14(2)4-6-18(7-5-14)13(19)10-8-12(15)17-9-11(10)16/h8-9H,3-7,16H2,1-2H3. The van der Waals surface area contributed by atoms with Gasteiger partial charge in [0.2, 0.25) is 0 Å². The highest BCUT2D eigenvalue weighted by atomic mass is 35.5. The van der Waals surface area contributed by atoms with Gasteiger partial charge in [0.05, 0.1) is 17.4 Å². The quantitative estimate of drug-likeness (QED) is 0.848. The van der Waals surface area contributed by atoms with Gasteiger partial charge in [-0.25, -0.2) is 4.98 Å². The Labute approximate surface area is 118 Å². The number of amides is 1. The van der Waals surface area contributed by atoms with E-state index in [0.717, 1.165) is 32.4 Å². The minimum absolute atomic E-state index is 0.0417. The SMILES string of the molecule is CCC1(C)CCN(C(=O)c2cc(Cl)ncc2N)CC1. The zero-order chi connectivity index (χ0) is 14.0. The molecule has 104 valence electrons. The molecular formula is C14H20ClN3O. The number of hydrogen-bond donors (Lipinski definition) is 1. The van der Waals surface area contributed by atoms with Gasteiger partial charge >= 0.3 is 0 Å². The fraction of sp³-hybridized carbons (Fsp3) is 0.571. The molecule has 0 radical (unpaired) electrons. The fourth-order valence-electron chi connectivity index (χ4n) is 2.40. The minimum atomic E-state index is -0.0417. The van der Waals surface area contributed by atoms with Crippen molar-refractivity contribution in [3.63, 3.8) is 0 Å². The van der Waals surface area contributed by atoms with Crippen LogP contribution in [0.2, 0.25) is 5.15 Å². The van der Waals surface area contributed by atoms with E-state index in [-0.39, 0.29) is 5.91 Å². The van der Waals surface area contributed by atoms with Gasteiger partial charge in [-0.15, -0.1) is 0 Å². The first-order valence-corrected chi connectivity index (χ1v) is 7.03. The molecule has 0 bridgehead atoms. The third-order valence-corrected chi connectivity index (χ3v) is 4.45. The Morgan fingerprint density at radius 3 is 2.74 bits per heavy atom. The molecule has 5 heteroatoms. The summed E-state index contributed by atoms with van der Waals surface area (Å²) in [5.41, 5.74) is 7.01. The number of likely N-dealkylation sites (tertiary alicyclic amines) is 1. The molecule has 2 heterocycles. The molecule has 1 fully saturated rings. The molecule has 1 aliphatic heterocycles. The van der Waals surface area contributed by atoms with Gasteiger partial charge in [-0.2, -0.15) is 0 Å². The van der Waals surface area contributed by atoms with Gasteiger partial charge in [0.15, 0.2) is 0 Å². The highest BCUT2D eigenvalue weighted by Crippen LogP contribution is 2.34. The number of piperidine rings is 1. The number of halogens is 1. The topological polar surface area (TPSA) is 59.2 Å². The molecule has 0 atom stereocenters. The predicted molar refractivity (Wildman–Crippen MR) is 77.2 cm³/mol. The Balaban J connectivity index is 2.11. The number of nitrogens with two attached hydrogens (primary N) is 1. The molecule has 4 nitrogen and oxygen atoms in total. The van der Waals surface area contributed by atoms with Crippen LogP contribution in [0.1, 0.15) is 43.5 Å². The van der Waals surface area contributed by atoms with Crippen molar-refractivity contribution < 1.29 is 4.79 Å². The highest BCUT2D eigenvalue weighted by molar-refractivity contribution is 6.29. The van der Waals surface area contributed by atoms with Gasteiger partial charge in [-0.3, -0.25) is 4.79 Å². The smallest absolute Gasteiger partial charge is 0.256 e. The monoisotopic (exact) mass is 281 g/mol. The van der Waals surface area contributed by atoms with E-state index in [0.29, 0.717) is 21.8 Å². The molecule has 1 saturated heterocycles. The van der Waals surface area contributed by atoms with E-state index >= 15 is 0 Å². The zero-order valence-corrected chi connectivity index (χ0v) is 12.2. The maximum atomic E-state index is 12.4. The maximum absolute atomic E-state index is 12.4. The fourth-order valence-corrected chi connectivity index (χ4v) is 2.56. The molecule has 0 aromatic carbocycles. The average Bonchev–Trinajstić information content (AvgIpc) is 2.42. The molecule has 2 N–H and O–H groups in total. The Morgan fingerprint density at radius 1 is 1.53 bits per heavy atom. The molecule has 1 aromatic heterocycles. The first kappa shape index (κ1) is 14.1. The number of rotatable bonds is 2. The molecule has 1 aromatic rings. The summed E-state index contributed by atoms with van der Waals surface area (Å²) in [7, 11) is 0. The largest absolute Gasteiger partial charge is 0.397 e. The van der Waals surface area contributed by atoms with Crippen molar-refractivity contribution in [1.29, 1.82) is 0 Å². The maximum Gasteiger partial charge on any atom is 0.256 e. The summed E-state index contributed by atoms with van der Waals surface area (Å²) in [5.74, 6) is -0.0417. The van der Waals surface area contributed by atoms with E-state index in [1.165, 1.54) is 6.20 Å². The second kappa shape index (κ2) is 5.37. The number of pyridine rings is 1. The van der Waals surface area contributed by atoms with E-state index in [9.17, 15) is 4.79 Å². The molecule has 0 unspecified atom stereocenters. The number of nitrogens with zero attached hydrogens (tertiary/aromatic N) is 2. The van der Waals surface area contributed by atoms with Crippen LogP contribution in [0.15, 0.2) is 12.3 Å². The van der Waals surface area contributed by atoms with Crippen molar-refractivity contribution in [2.24, 2.45) is 5.41 Å². The lowest BCUT2D eigenvalue weighted by atomic mass is 9.78. The van der Waals surface area contributed by atoms with Crippen molar-refractivity contribution in [2.45, 2.75) is 33.1 Å². The summed E-state index contributed by atoms with van der Waals surface area (Å²) in [6, 6.07) is 1.55. The van der Waals surface area contributed by atoms with Crippen LogP contribution in [0.3, 0.4) is 0 Å². The van der Waals surface area contributed by atoms with E-state index < -0.39 is 0 Å². The third kappa shape index (κ3) is 3.00. The molecule has 0 saturated carbocycles. The summed E-state index contributed by atoms with van der Waals surface area (Å²) in [6.45, 7) is 6.05. The Morgan fingerprint density at radius 2 is 2.16 bits per heavy atom. The van der Waals surface area contributed by atoms with Gasteiger partial charge in [0, 0.05) is 13.1 Å². The van der Waals surface area contributed by atoms with E-state index in [1.807, 2.05) is 4.90 Å². The number of nitrogen functional groups attached to an aromatic ring is 1. The van der Waals surface area contributed by atoms with Gasteiger partial charge in [0.1, 0.15) is 5.15 Å². The molecule has 1 amide bonds. The number of hydrogen-bond acceptors (Lipinski definition) is 3. The van der Waals surface area contributed by atoms with Crippen LogP contribution < -0.4 is 5.73 Å². The van der Waals surface area contributed by atoms with Crippen molar-refractivity contribution in [1.82, 2.24) is 9.88 Å². The van der Waals surface area contributed by atoms with Crippen LogP contribution in [0.4, 0.5) is 5.69 Å². The average molecular weight is 282 g/mol. The number of carbonyl (C=O) groups is 1. The highest BCUT2D eigenvalue weighted by Gasteiger charge is 2.31. The van der Waals surface area contributed by atoms with E-state index in [2.05, 4.69) is 18.8 Å². The second-order valence-electron chi connectivity index (χ2n) is 5.55. The summed E-state index contributed by atoms with van der Waals surface area (Å²) in [6.07, 6.45) is 4.66. The van der Waals surface area contributed by atoms with Gasteiger partial charge < -0.3 is 10.6 Å². The van der Waals surface area contributed by atoms with Crippen molar-refractivity contribution in [3.8, 4) is 0 Å². The van der Waals surface area contributed by atoms with Crippen molar-refractivity contribution >= 4 is 23.2 Å². The lowest BCUT2D eigenvalue weighted by Crippen LogP contribution is -2.42. The Kier molecular flexibility index (Phi) is 3.99. The second-order valence-corrected chi connectivity index (χ2v) is 5.94. The molecule has 0 aliphatic carbocycles. The third-order valence-electron chi connectivity index (χ3n) is 4.24. The first-order valence-electron chi connectivity index (χ1n) is 6.65. The predicted octanol–water partition coefficient (Wildman–Crippen LogP) is 2.97. The van der Waals surface area contributed by atoms with Gasteiger partial charge in [-0.05, 0) is 24.3 Å². The molecule has 1 aliphatic rings. The lowest BCUT2D eigenvalue weighted by Gasteiger charge is -2.39. The van der Waals surface area contributed by atoms with Crippen LogP contribution in [0.5, 0.6) is 0 Å². The van der Waals surface area contributed by atoms with Crippen LogP contribution in [0.25, 0.3) is 0 Å².